The molecule has 1 N–H and O–H groups in total. The third kappa shape index (κ3) is 3.36. The van der Waals surface area contributed by atoms with Gasteiger partial charge >= 0.3 is 0 Å². The van der Waals surface area contributed by atoms with Crippen LogP contribution in [0.25, 0.3) is 22.2 Å². The Morgan fingerprint density at radius 3 is 2.52 bits per heavy atom. The predicted octanol–water partition coefficient (Wildman–Crippen LogP) is 4.94. The lowest BCUT2D eigenvalue weighted by molar-refractivity contribution is 0.0920. The van der Waals surface area contributed by atoms with Crippen molar-refractivity contribution in [3.63, 3.8) is 0 Å². The summed E-state index contributed by atoms with van der Waals surface area (Å²) in [6.07, 6.45) is 0. The van der Waals surface area contributed by atoms with Crippen LogP contribution in [0.1, 0.15) is 33.0 Å². The molecule has 0 aliphatic rings. The zero-order valence-corrected chi connectivity index (χ0v) is 15.5. The van der Waals surface area contributed by atoms with Gasteiger partial charge in [-0.2, -0.15) is 0 Å². The quantitative estimate of drug-likeness (QED) is 0.559. The van der Waals surface area contributed by atoms with Gasteiger partial charge in [-0.3, -0.25) is 4.79 Å². The molecule has 0 aliphatic carbocycles. The molecule has 5 heteroatoms. The first-order chi connectivity index (χ1) is 13.0. The Labute approximate surface area is 157 Å². The summed E-state index contributed by atoms with van der Waals surface area (Å²) in [5.74, 6) is 0.645. The van der Waals surface area contributed by atoms with Gasteiger partial charge in [-0.15, -0.1) is 0 Å². The van der Waals surface area contributed by atoms with E-state index in [1.54, 1.807) is 0 Å². The lowest BCUT2D eigenvalue weighted by atomic mass is 10.1. The van der Waals surface area contributed by atoms with Crippen LogP contribution < -0.4 is 5.32 Å². The van der Waals surface area contributed by atoms with Gasteiger partial charge in [0.15, 0.2) is 11.5 Å². The maximum absolute atomic E-state index is 12.5. The van der Waals surface area contributed by atoms with Crippen molar-refractivity contribution in [3.8, 4) is 11.3 Å². The third-order valence-electron chi connectivity index (χ3n) is 4.63. The van der Waals surface area contributed by atoms with E-state index in [2.05, 4.69) is 10.5 Å². The molecular weight excluding hydrogens is 340 g/mol. The number of fused-ring (bicyclic) bond motifs is 1. The molecule has 4 aromatic rings. The largest absolute Gasteiger partial charge is 0.451 e. The van der Waals surface area contributed by atoms with Gasteiger partial charge in [-0.1, -0.05) is 47.1 Å². The summed E-state index contributed by atoms with van der Waals surface area (Å²) in [7, 11) is 0. The van der Waals surface area contributed by atoms with Crippen LogP contribution in [0.3, 0.4) is 0 Å². The monoisotopic (exact) mass is 360 g/mol. The van der Waals surface area contributed by atoms with E-state index in [9.17, 15) is 4.79 Å². The summed E-state index contributed by atoms with van der Waals surface area (Å²) in [6, 6.07) is 15.8. The Morgan fingerprint density at radius 1 is 1.00 bits per heavy atom. The Kier molecular flexibility index (Phi) is 4.28. The van der Waals surface area contributed by atoms with E-state index < -0.39 is 0 Å². The van der Waals surface area contributed by atoms with Crippen LogP contribution in [0, 0.1) is 20.8 Å². The van der Waals surface area contributed by atoms with E-state index in [1.807, 2.05) is 69.3 Å². The first-order valence-corrected chi connectivity index (χ1v) is 8.82. The SMILES string of the molecule is Cc1ccc(-c2cc(CNC(=O)c3oc4cc(C)ccc4c3C)on2)cc1. The van der Waals surface area contributed by atoms with Crippen molar-refractivity contribution in [1.29, 1.82) is 0 Å². The van der Waals surface area contributed by atoms with Crippen molar-refractivity contribution in [3.05, 3.63) is 76.7 Å². The van der Waals surface area contributed by atoms with Gasteiger partial charge in [-0.05, 0) is 32.4 Å². The molecule has 1 amide bonds. The molecule has 2 aromatic carbocycles. The minimum absolute atomic E-state index is 0.243. The zero-order chi connectivity index (χ0) is 19.0. The predicted molar refractivity (Wildman–Crippen MR) is 104 cm³/mol. The van der Waals surface area contributed by atoms with E-state index in [1.165, 1.54) is 5.56 Å². The third-order valence-corrected chi connectivity index (χ3v) is 4.63. The number of carbonyl (C=O) groups is 1. The van der Waals surface area contributed by atoms with Crippen molar-refractivity contribution in [2.75, 3.05) is 0 Å². The highest BCUT2D eigenvalue weighted by atomic mass is 16.5. The number of rotatable bonds is 4. The van der Waals surface area contributed by atoms with Gasteiger partial charge in [0.2, 0.25) is 0 Å². The highest BCUT2D eigenvalue weighted by molar-refractivity contribution is 5.98. The van der Waals surface area contributed by atoms with E-state index >= 15 is 0 Å². The lowest BCUT2D eigenvalue weighted by Crippen LogP contribution is -2.22. The van der Waals surface area contributed by atoms with E-state index in [0.717, 1.165) is 33.4 Å². The minimum atomic E-state index is -0.269. The molecule has 27 heavy (non-hydrogen) atoms. The molecule has 0 bridgehead atoms. The number of furan rings is 1. The fourth-order valence-corrected chi connectivity index (χ4v) is 3.05. The van der Waals surface area contributed by atoms with Crippen LogP contribution in [-0.4, -0.2) is 11.1 Å². The van der Waals surface area contributed by atoms with E-state index in [0.29, 0.717) is 11.5 Å². The Balaban J connectivity index is 1.48. The Morgan fingerprint density at radius 2 is 1.74 bits per heavy atom. The number of aromatic nitrogens is 1. The van der Waals surface area contributed by atoms with Crippen molar-refractivity contribution < 1.29 is 13.7 Å². The second kappa shape index (κ2) is 6.76. The maximum Gasteiger partial charge on any atom is 0.287 e. The molecule has 0 aliphatic heterocycles. The standard InChI is InChI=1S/C22H20N2O3/c1-13-4-7-16(8-5-13)19-11-17(27-24-19)12-23-22(25)21-15(3)18-9-6-14(2)10-20(18)26-21/h4-11H,12H2,1-3H3,(H,23,25). The Bertz CT molecular complexity index is 1120. The molecule has 5 nitrogen and oxygen atoms in total. The molecule has 0 atom stereocenters. The van der Waals surface area contributed by atoms with E-state index in [-0.39, 0.29) is 12.5 Å². The molecular formula is C22H20N2O3. The van der Waals surface area contributed by atoms with Gasteiger partial charge in [0.25, 0.3) is 5.91 Å². The molecule has 0 saturated heterocycles. The summed E-state index contributed by atoms with van der Waals surface area (Å²) in [6.45, 7) is 6.16. The number of benzene rings is 2. The summed E-state index contributed by atoms with van der Waals surface area (Å²) in [4.78, 5) is 12.5. The average Bonchev–Trinajstić information content (AvgIpc) is 3.25. The summed E-state index contributed by atoms with van der Waals surface area (Å²) < 4.78 is 11.1. The second-order valence-electron chi connectivity index (χ2n) is 6.78. The highest BCUT2D eigenvalue weighted by Gasteiger charge is 2.18. The molecule has 0 saturated carbocycles. The van der Waals surface area contributed by atoms with Crippen molar-refractivity contribution in [1.82, 2.24) is 10.5 Å². The molecule has 0 fully saturated rings. The fraction of sp³-hybridized carbons (Fsp3) is 0.182. The van der Waals surface area contributed by atoms with Crippen molar-refractivity contribution in [2.24, 2.45) is 0 Å². The fourth-order valence-electron chi connectivity index (χ4n) is 3.05. The van der Waals surface area contributed by atoms with Crippen LogP contribution in [0.2, 0.25) is 0 Å². The van der Waals surface area contributed by atoms with Gasteiger partial charge in [0.05, 0.1) is 6.54 Å². The van der Waals surface area contributed by atoms with Crippen LogP contribution in [0.5, 0.6) is 0 Å². The number of hydrogen-bond donors (Lipinski definition) is 1. The van der Waals surface area contributed by atoms with Crippen LogP contribution in [-0.2, 0) is 6.54 Å². The number of nitrogens with zero attached hydrogens (tertiary/aromatic N) is 1. The van der Waals surface area contributed by atoms with Gasteiger partial charge in [-0.25, -0.2) is 0 Å². The first-order valence-electron chi connectivity index (χ1n) is 8.82. The molecule has 0 spiro atoms. The molecule has 2 aromatic heterocycles. The highest BCUT2D eigenvalue weighted by Crippen LogP contribution is 2.26. The first kappa shape index (κ1) is 17.1. The molecule has 0 radical (unpaired) electrons. The van der Waals surface area contributed by atoms with Crippen LogP contribution in [0.4, 0.5) is 0 Å². The maximum atomic E-state index is 12.5. The number of nitrogens with one attached hydrogen (secondary N) is 1. The van der Waals surface area contributed by atoms with E-state index in [4.69, 9.17) is 8.94 Å². The zero-order valence-electron chi connectivity index (χ0n) is 15.5. The van der Waals surface area contributed by atoms with Crippen LogP contribution in [0.15, 0.2) is 57.5 Å². The molecule has 2 heterocycles. The van der Waals surface area contributed by atoms with Crippen molar-refractivity contribution >= 4 is 16.9 Å². The molecule has 0 unspecified atom stereocenters. The number of hydrogen-bond acceptors (Lipinski definition) is 4. The number of amides is 1. The second-order valence-corrected chi connectivity index (χ2v) is 6.78. The van der Waals surface area contributed by atoms with Crippen LogP contribution >= 0.6 is 0 Å². The normalized spacial score (nSPS) is 11.1. The van der Waals surface area contributed by atoms with Gasteiger partial charge in [0, 0.05) is 22.6 Å². The lowest BCUT2D eigenvalue weighted by Gasteiger charge is -2.00. The Hall–Kier alpha value is -3.34. The summed E-state index contributed by atoms with van der Waals surface area (Å²) in [5, 5.41) is 7.87. The summed E-state index contributed by atoms with van der Waals surface area (Å²) >= 11 is 0. The average molecular weight is 360 g/mol. The molecule has 4 rings (SSSR count). The minimum Gasteiger partial charge on any atom is -0.451 e. The number of aryl methyl sites for hydroxylation is 3. The van der Waals surface area contributed by atoms with Gasteiger partial charge < -0.3 is 14.3 Å². The topological polar surface area (TPSA) is 68.3 Å². The number of carbonyl (C=O) groups excluding carboxylic acids is 1. The molecule has 136 valence electrons. The van der Waals surface area contributed by atoms with Gasteiger partial charge in [0.1, 0.15) is 11.3 Å². The summed E-state index contributed by atoms with van der Waals surface area (Å²) in [5.41, 5.74) is 5.55. The van der Waals surface area contributed by atoms with Crippen molar-refractivity contribution in [2.45, 2.75) is 27.3 Å². The smallest absolute Gasteiger partial charge is 0.287 e.